The van der Waals surface area contributed by atoms with Crippen molar-refractivity contribution in [2.75, 3.05) is 0 Å². The van der Waals surface area contributed by atoms with Gasteiger partial charge in [0.2, 0.25) is 0 Å². The first kappa shape index (κ1) is 19.2. The van der Waals surface area contributed by atoms with Gasteiger partial charge in [-0.1, -0.05) is 18.2 Å². The summed E-state index contributed by atoms with van der Waals surface area (Å²) in [7, 11) is 0. The number of phenolic OH excluding ortho intramolecular Hbond substituents is 1. The molecule has 2 aromatic rings. The number of phenols is 1. The molecule has 3 N–H and O–H groups in total. The number of aromatic hydroxyl groups is 1. The van der Waals surface area contributed by atoms with Crippen LogP contribution >= 0.6 is 0 Å². The molecule has 5 heteroatoms. The van der Waals surface area contributed by atoms with E-state index in [4.69, 9.17) is 4.74 Å². The van der Waals surface area contributed by atoms with Crippen molar-refractivity contribution in [3.05, 3.63) is 54.1 Å². The highest BCUT2D eigenvalue weighted by Crippen LogP contribution is 2.30. The SMILES string of the molecule is CC1(C)CC(NC(=O)c2ccc(Oc3ccccc3)cc2O)CC(C)(C)N1. The minimum absolute atomic E-state index is 0.0448. The first-order chi connectivity index (χ1) is 12.6. The predicted molar refractivity (Wildman–Crippen MR) is 106 cm³/mol. The molecule has 1 amide bonds. The Morgan fingerprint density at radius 1 is 1.04 bits per heavy atom. The van der Waals surface area contributed by atoms with Crippen LogP contribution in [-0.4, -0.2) is 28.1 Å². The van der Waals surface area contributed by atoms with Gasteiger partial charge in [0.25, 0.3) is 5.91 Å². The van der Waals surface area contributed by atoms with Crippen molar-refractivity contribution in [1.29, 1.82) is 0 Å². The van der Waals surface area contributed by atoms with Crippen LogP contribution in [-0.2, 0) is 0 Å². The number of hydrogen-bond donors (Lipinski definition) is 3. The zero-order valence-electron chi connectivity index (χ0n) is 16.4. The van der Waals surface area contributed by atoms with Crippen LogP contribution in [0.2, 0.25) is 0 Å². The van der Waals surface area contributed by atoms with E-state index in [2.05, 4.69) is 38.3 Å². The van der Waals surface area contributed by atoms with Gasteiger partial charge in [0.05, 0.1) is 5.56 Å². The molecule has 0 aliphatic carbocycles. The highest BCUT2D eigenvalue weighted by Gasteiger charge is 2.38. The Labute approximate surface area is 160 Å². The van der Waals surface area contributed by atoms with Crippen LogP contribution in [0, 0.1) is 0 Å². The summed E-state index contributed by atoms with van der Waals surface area (Å²) in [5, 5.41) is 17.0. The van der Waals surface area contributed by atoms with Crippen molar-refractivity contribution >= 4 is 5.91 Å². The van der Waals surface area contributed by atoms with Gasteiger partial charge in [-0.15, -0.1) is 0 Å². The standard InChI is InChI=1S/C22H28N2O3/c1-21(2)13-15(14-22(3,4)24-21)23-20(26)18-11-10-17(12-19(18)25)27-16-8-6-5-7-9-16/h5-12,15,24-25H,13-14H2,1-4H3,(H,23,26). The van der Waals surface area contributed by atoms with Crippen molar-refractivity contribution in [3.8, 4) is 17.2 Å². The van der Waals surface area contributed by atoms with Crippen LogP contribution < -0.4 is 15.4 Å². The maximum absolute atomic E-state index is 12.7. The fourth-order valence-corrected chi connectivity index (χ4v) is 4.08. The van der Waals surface area contributed by atoms with E-state index in [1.807, 2.05) is 30.3 Å². The minimum Gasteiger partial charge on any atom is -0.507 e. The monoisotopic (exact) mass is 368 g/mol. The van der Waals surface area contributed by atoms with Crippen molar-refractivity contribution < 1.29 is 14.6 Å². The van der Waals surface area contributed by atoms with Crippen LogP contribution in [0.5, 0.6) is 17.2 Å². The molecule has 1 aliphatic heterocycles. The zero-order valence-corrected chi connectivity index (χ0v) is 16.4. The van der Waals surface area contributed by atoms with E-state index in [0.717, 1.165) is 12.8 Å². The number of amides is 1. The second-order valence-corrected chi connectivity index (χ2v) is 8.57. The van der Waals surface area contributed by atoms with E-state index >= 15 is 0 Å². The lowest BCUT2D eigenvalue weighted by Gasteiger charge is -2.46. The van der Waals surface area contributed by atoms with E-state index in [-0.39, 0.29) is 34.3 Å². The Balaban J connectivity index is 1.70. The van der Waals surface area contributed by atoms with Gasteiger partial charge < -0.3 is 20.5 Å². The smallest absolute Gasteiger partial charge is 0.255 e. The van der Waals surface area contributed by atoms with Gasteiger partial charge in [-0.25, -0.2) is 0 Å². The van der Waals surface area contributed by atoms with Gasteiger partial charge in [0.15, 0.2) is 0 Å². The van der Waals surface area contributed by atoms with Crippen molar-refractivity contribution in [2.45, 2.75) is 57.7 Å². The molecule has 5 nitrogen and oxygen atoms in total. The summed E-state index contributed by atoms with van der Waals surface area (Å²) < 4.78 is 5.70. The number of piperidine rings is 1. The highest BCUT2D eigenvalue weighted by atomic mass is 16.5. The number of para-hydroxylation sites is 1. The molecule has 27 heavy (non-hydrogen) atoms. The first-order valence-corrected chi connectivity index (χ1v) is 9.30. The van der Waals surface area contributed by atoms with Crippen LogP contribution in [0.3, 0.4) is 0 Å². The normalized spacial score (nSPS) is 18.7. The lowest BCUT2D eigenvalue weighted by atomic mass is 9.79. The summed E-state index contributed by atoms with van der Waals surface area (Å²) in [6.07, 6.45) is 1.66. The molecular formula is C22H28N2O3. The van der Waals surface area contributed by atoms with Gasteiger partial charge in [-0.05, 0) is 64.8 Å². The molecule has 0 atom stereocenters. The van der Waals surface area contributed by atoms with Gasteiger partial charge in [-0.2, -0.15) is 0 Å². The summed E-state index contributed by atoms with van der Waals surface area (Å²) in [5.41, 5.74) is 0.133. The van der Waals surface area contributed by atoms with E-state index in [0.29, 0.717) is 11.5 Å². The third kappa shape index (κ3) is 5.01. The molecule has 2 aromatic carbocycles. The van der Waals surface area contributed by atoms with E-state index in [1.165, 1.54) is 6.07 Å². The lowest BCUT2D eigenvalue weighted by Crippen LogP contribution is -2.62. The lowest BCUT2D eigenvalue weighted by molar-refractivity contribution is 0.0870. The molecule has 0 radical (unpaired) electrons. The van der Waals surface area contributed by atoms with E-state index < -0.39 is 0 Å². The Morgan fingerprint density at radius 2 is 1.67 bits per heavy atom. The quantitative estimate of drug-likeness (QED) is 0.755. The Morgan fingerprint density at radius 3 is 2.26 bits per heavy atom. The molecule has 0 saturated carbocycles. The van der Waals surface area contributed by atoms with Crippen LogP contribution in [0.4, 0.5) is 0 Å². The Hall–Kier alpha value is -2.53. The molecule has 0 bridgehead atoms. The topological polar surface area (TPSA) is 70.6 Å². The molecule has 1 heterocycles. The second-order valence-electron chi connectivity index (χ2n) is 8.57. The molecule has 0 aromatic heterocycles. The second kappa shape index (κ2) is 7.24. The molecule has 0 spiro atoms. The molecule has 144 valence electrons. The maximum atomic E-state index is 12.7. The van der Waals surface area contributed by atoms with Crippen molar-refractivity contribution in [1.82, 2.24) is 10.6 Å². The molecule has 1 aliphatic rings. The van der Waals surface area contributed by atoms with Crippen LogP contribution in [0.25, 0.3) is 0 Å². The number of carbonyl (C=O) groups excluding carboxylic acids is 1. The minimum atomic E-state index is -0.266. The molecule has 1 fully saturated rings. The number of benzene rings is 2. The highest BCUT2D eigenvalue weighted by molar-refractivity contribution is 5.97. The maximum Gasteiger partial charge on any atom is 0.255 e. The largest absolute Gasteiger partial charge is 0.507 e. The van der Waals surface area contributed by atoms with E-state index in [9.17, 15) is 9.90 Å². The molecular weight excluding hydrogens is 340 g/mol. The fourth-order valence-electron chi connectivity index (χ4n) is 4.08. The number of rotatable bonds is 4. The molecule has 0 unspecified atom stereocenters. The number of nitrogens with one attached hydrogen (secondary N) is 2. The predicted octanol–water partition coefficient (Wildman–Crippen LogP) is 4.22. The summed E-state index contributed by atoms with van der Waals surface area (Å²) in [4.78, 5) is 12.7. The summed E-state index contributed by atoms with van der Waals surface area (Å²) >= 11 is 0. The first-order valence-electron chi connectivity index (χ1n) is 9.30. The summed E-state index contributed by atoms with van der Waals surface area (Å²) in [5.74, 6) is 0.804. The average molecular weight is 368 g/mol. The molecule has 3 rings (SSSR count). The van der Waals surface area contributed by atoms with Gasteiger partial charge in [0, 0.05) is 23.2 Å². The number of carbonyl (C=O) groups is 1. The van der Waals surface area contributed by atoms with Gasteiger partial charge in [0.1, 0.15) is 17.2 Å². The van der Waals surface area contributed by atoms with Crippen molar-refractivity contribution in [3.63, 3.8) is 0 Å². The third-order valence-electron chi connectivity index (χ3n) is 4.72. The zero-order chi connectivity index (χ0) is 19.7. The van der Waals surface area contributed by atoms with Gasteiger partial charge in [-0.3, -0.25) is 4.79 Å². The Kier molecular flexibility index (Phi) is 5.16. The molecule has 1 saturated heterocycles. The number of ether oxygens (including phenoxy) is 1. The van der Waals surface area contributed by atoms with Crippen LogP contribution in [0.15, 0.2) is 48.5 Å². The summed E-state index contributed by atoms with van der Waals surface area (Å²) in [6, 6.07) is 14.1. The van der Waals surface area contributed by atoms with Crippen LogP contribution in [0.1, 0.15) is 50.9 Å². The Bertz CT molecular complexity index is 800. The van der Waals surface area contributed by atoms with Gasteiger partial charge >= 0.3 is 0 Å². The third-order valence-corrected chi connectivity index (χ3v) is 4.72. The van der Waals surface area contributed by atoms with Crippen molar-refractivity contribution in [2.24, 2.45) is 0 Å². The summed E-state index contributed by atoms with van der Waals surface area (Å²) in [6.45, 7) is 8.56. The van der Waals surface area contributed by atoms with E-state index in [1.54, 1.807) is 12.1 Å². The number of hydrogen-bond acceptors (Lipinski definition) is 4. The fraction of sp³-hybridized carbons (Fsp3) is 0.409. The average Bonchev–Trinajstić information content (AvgIpc) is 2.52.